The Morgan fingerprint density at radius 1 is 1.33 bits per heavy atom. The zero-order valence-corrected chi connectivity index (χ0v) is 13.6. The molecule has 2 aromatic rings. The maximum Gasteiger partial charge on any atom is 0.322 e. The minimum Gasteiger partial charge on any atom is -0.464 e. The Morgan fingerprint density at radius 3 is 2.79 bits per heavy atom. The molecular weight excluding hydrogens is 316 g/mol. The molecule has 1 fully saturated rings. The lowest BCUT2D eigenvalue weighted by atomic mass is 9.91. The van der Waals surface area contributed by atoms with Gasteiger partial charge in [-0.3, -0.25) is 0 Å². The van der Waals surface area contributed by atoms with Crippen LogP contribution in [0.5, 0.6) is 0 Å². The number of piperidine rings is 1. The van der Waals surface area contributed by atoms with Crippen LogP contribution < -0.4 is 5.32 Å². The third kappa shape index (κ3) is 3.39. The molecule has 2 atom stereocenters. The van der Waals surface area contributed by atoms with Crippen LogP contribution in [-0.2, 0) is 0 Å². The molecule has 3 rings (SSSR count). The van der Waals surface area contributed by atoms with Crippen LogP contribution in [0.1, 0.15) is 37.3 Å². The molecule has 1 saturated heterocycles. The molecule has 0 aliphatic carbocycles. The monoisotopic (exact) mass is 335 g/mol. The number of pyridine rings is 1. The maximum absolute atomic E-state index is 13.7. The number of aryl methyl sites for hydroxylation is 1. The zero-order valence-electron chi connectivity index (χ0n) is 13.6. The molecule has 1 aliphatic rings. The van der Waals surface area contributed by atoms with Gasteiger partial charge in [-0.25, -0.2) is 4.79 Å². The molecule has 0 radical (unpaired) electrons. The van der Waals surface area contributed by atoms with Crippen molar-refractivity contribution in [1.82, 2.24) is 9.88 Å². The molecule has 1 N–H and O–H groups in total. The highest BCUT2D eigenvalue weighted by Gasteiger charge is 2.33. The van der Waals surface area contributed by atoms with Crippen molar-refractivity contribution in [3.8, 4) is 0 Å². The van der Waals surface area contributed by atoms with Crippen molar-refractivity contribution in [3.63, 3.8) is 0 Å². The van der Waals surface area contributed by atoms with Crippen molar-refractivity contribution in [3.05, 3.63) is 47.7 Å². The van der Waals surface area contributed by atoms with Gasteiger partial charge in [-0.2, -0.15) is 13.8 Å². The summed E-state index contributed by atoms with van der Waals surface area (Å²) in [6.45, 7) is 4.51. The number of nitrogens with zero attached hydrogens (tertiary/aromatic N) is 2. The molecule has 0 unspecified atom stereocenters. The first kappa shape index (κ1) is 16.4. The molecule has 0 aromatic carbocycles. The van der Waals surface area contributed by atoms with Crippen LogP contribution in [0.2, 0.25) is 0 Å². The summed E-state index contributed by atoms with van der Waals surface area (Å²) in [7, 11) is 0. The molecular formula is C17H19F2N3O2. The van der Waals surface area contributed by atoms with E-state index in [2.05, 4.69) is 17.2 Å². The number of carbonyl (C=O) groups is 1. The first-order chi connectivity index (χ1) is 11.4. The second-order valence-electron chi connectivity index (χ2n) is 6.19. The number of carbonyl (C=O) groups excluding carboxylic acids is 1. The number of urea groups is 1. The minimum atomic E-state index is -1.04. The molecule has 2 amide bonds. The van der Waals surface area contributed by atoms with Gasteiger partial charge in [-0.05, 0) is 49.9 Å². The maximum atomic E-state index is 13.7. The minimum absolute atomic E-state index is 0.144. The number of halogens is 2. The topological polar surface area (TPSA) is 58.4 Å². The normalized spacial score (nSPS) is 20.9. The molecule has 0 saturated carbocycles. The van der Waals surface area contributed by atoms with Gasteiger partial charge in [0.2, 0.25) is 11.9 Å². The van der Waals surface area contributed by atoms with Crippen LogP contribution in [0, 0.1) is 24.7 Å². The quantitative estimate of drug-likeness (QED) is 0.834. The van der Waals surface area contributed by atoms with Crippen LogP contribution in [0.25, 0.3) is 0 Å². The van der Waals surface area contributed by atoms with Crippen molar-refractivity contribution in [2.45, 2.75) is 32.7 Å². The fourth-order valence-corrected chi connectivity index (χ4v) is 2.98. The Kier molecular flexibility index (Phi) is 4.51. The van der Waals surface area contributed by atoms with E-state index in [1.807, 2.05) is 19.1 Å². The summed E-state index contributed by atoms with van der Waals surface area (Å²) in [5.41, 5.74) is -0.144. The Balaban J connectivity index is 1.80. The number of nitrogens with one attached hydrogen (secondary N) is 1. The van der Waals surface area contributed by atoms with E-state index in [0.717, 1.165) is 30.7 Å². The lowest BCUT2D eigenvalue weighted by Gasteiger charge is -2.37. The smallest absolute Gasteiger partial charge is 0.322 e. The largest absolute Gasteiger partial charge is 0.464 e. The summed E-state index contributed by atoms with van der Waals surface area (Å²) >= 11 is 0. The molecule has 24 heavy (non-hydrogen) atoms. The van der Waals surface area contributed by atoms with E-state index < -0.39 is 17.9 Å². The van der Waals surface area contributed by atoms with Crippen molar-refractivity contribution in [1.29, 1.82) is 0 Å². The Bertz CT molecular complexity index is 747. The summed E-state index contributed by atoms with van der Waals surface area (Å²) < 4.78 is 32.2. The SMILES string of the molecule is Cc1ccc([C@H]2C[C@H](C)CCN2C(=O)Nc2ccc(F)nc2F)o1. The first-order valence-electron chi connectivity index (χ1n) is 7.90. The second-order valence-corrected chi connectivity index (χ2v) is 6.19. The number of hydrogen-bond acceptors (Lipinski definition) is 3. The average Bonchev–Trinajstić information content (AvgIpc) is 2.96. The number of hydrogen-bond donors (Lipinski definition) is 1. The van der Waals surface area contributed by atoms with Gasteiger partial charge in [-0.15, -0.1) is 0 Å². The molecule has 128 valence electrons. The van der Waals surface area contributed by atoms with Crippen LogP contribution in [0.4, 0.5) is 19.3 Å². The summed E-state index contributed by atoms with van der Waals surface area (Å²) in [4.78, 5) is 17.3. The zero-order chi connectivity index (χ0) is 17.3. The van der Waals surface area contributed by atoms with Crippen LogP contribution in [-0.4, -0.2) is 22.5 Å². The van der Waals surface area contributed by atoms with Crippen molar-refractivity contribution >= 4 is 11.7 Å². The van der Waals surface area contributed by atoms with E-state index in [-0.39, 0.29) is 11.7 Å². The predicted octanol–water partition coefficient (Wildman–Crippen LogP) is 4.27. The van der Waals surface area contributed by atoms with Crippen molar-refractivity contribution in [2.75, 3.05) is 11.9 Å². The van der Waals surface area contributed by atoms with Gasteiger partial charge in [0.25, 0.3) is 0 Å². The Hall–Kier alpha value is -2.44. The van der Waals surface area contributed by atoms with Crippen LogP contribution >= 0.6 is 0 Å². The number of rotatable bonds is 2. The number of furan rings is 1. The summed E-state index contributed by atoms with van der Waals surface area (Å²) in [5.74, 6) is -0.0294. The molecule has 5 nitrogen and oxygen atoms in total. The summed E-state index contributed by atoms with van der Waals surface area (Å²) in [5, 5.41) is 2.47. The van der Waals surface area contributed by atoms with E-state index >= 15 is 0 Å². The van der Waals surface area contributed by atoms with Gasteiger partial charge in [0.05, 0.1) is 11.7 Å². The molecule has 7 heteroatoms. The standard InChI is InChI=1S/C17H19F2N3O2/c1-10-7-8-22(13(9-10)14-5-3-11(2)24-14)17(23)20-12-4-6-15(18)21-16(12)19/h3-6,10,13H,7-9H2,1-2H3,(H,20,23)/t10-,13-/m1/s1. The van der Waals surface area contributed by atoms with Gasteiger partial charge < -0.3 is 14.6 Å². The molecule has 0 bridgehead atoms. The highest BCUT2D eigenvalue weighted by molar-refractivity contribution is 5.89. The average molecular weight is 335 g/mol. The van der Waals surface area contributed by atoms with Gasteiger partial charge in [0.1, 0.15) is 11.5 Å². The lowest BCUT2D eigenvalue weighted by molar-refractivity contribution is 0.128. The number of aromatic nitrogens is 1. The van der Waals surface area contributed by atoms with E-state index in [1.54, 1.807) is 4.90 Å². The van der Waals surface area contributed by atoms with Crippen LogP contribution in [0.3, 0.4) is 0 Å². The first-order valence-corrected chi connectivity index (χ1v) is 7.90. The summed E-state index contributed by atoms with van der Waals surface area (Å²) in [6, 6.07) is 5.22. The van der Waals surface area contributed by atoms with Crippen molar-refractivity contribution < 1.29 is 18.0 Å². The molecule has 0 spiro atoms. The Morgan fingerprint density at radius 2 is 2.12 bits per heavy atom. The molecule has 3 heterocycles. The highest BCUT2D eigenvalue weighted by Crippen LogP contribution is 2.35. The number of amides is 2. The van der Waals surface area contributed by atoms with Gasteiger partial charge in [0, 0.05) is 6.54 Å². The van der Waals surface area contributed by atoms with Gasteiger partial charge in [-0.1, -0.05) is 6.92 Å². The fraction of sp³-hybridized carbons (Fsp3) is 0.412. The van der Waals surface area contributed by atoms with E-state index in [4.69, 9.17) is 4.42 Å². The third-order valence-corrected chi connectivity index (χ3v) is 4.27. The molecule has 1 aliphatic heterocycles. The number of anilines is 1. The highest BCUT2D eigenvalue weighted by atomic mass is 19.1. The lowest BCUT2D eigenvalue weighted by Crippen LogP contribution is -2.43. The van der Waals surface area contributed by atoms with E-state index in [1.165, 1.54) is 0 Å². The van der Waals surface area contributed by atoms with E-state index in [9.17, 15) is 13.6 Å². The van der Waals surface area contributed by atoms with Crippen molar-refractivity contribution in [2.24, 2.45) is 5.92 Å². The fourth-order valence-electron chi connectivity index (χ4n) is 2.98. The Labute approximate surface area is 138 Å². The second kappa shape index (κ2) is 6.59. The van der Waals surface area contributed by atoms with Crippen LogP contribution in [0.15, 0.2) is 28.7 Å². The van der Waals surface area contributed by atoms with Gasteiger partial charge >= 0.3 is 6.03 Å². The van der Waals surface area contributed by atoms with Gasteiger partial charge in [0.15, 0.2) is 0 Å². The predicted molar refractivity (Wildman–Crippen MR) is 84.5 cm³/mol. The van der Waals surface area contributed by atoms with E-state index in [0.29, 0.717) is 18.2 Å². The third-order valence-electron chi connectivity index (χ3n) is 4.27. The number of likely N-dealkylation sites (tertiary alicyclic amines) is 1. The summed E-state index contributed by atoms with van der Waals surface area (Å²) in [6.07, 6.45) is 1.62. The molecule has 2 aromatic heterocycles.